The number of carbonyl (C=O) groups excluding carboxylic acids is 1. The van der Waals surface area contributed by atoms with E-state index in [1.54, 1.807) is 13.2 Å². The Morgan fingerprint density at radius 3 is 2.29 bits per heavy atom. The van der Waals surface area contributed by atoms with Crippen molar-refractivity contribution >= 4 is 35.6 Å². The molecular weight excluding hydrogens is 540 g/mol. The quantitative estimate of drug-likeness (QED) is 0.156. The summed E-state index contributed by atoms with van der Waals surface area (Å²) in [6.07, 6.45) is -1.15. The largest absolute Gasteiger partial charge is 0.480 e. The Morgan fingerprint density at radius 2 is 1.73 bits per heavy atom. The molecule has 0 bridgehead atoms. The van der Waals surface area contributed by atoms with Gasteiger partial charge in [-0.15, -0.1) is 0 Å². The average molecular weight is 567 g/mol. The van der Waals surface area contributed by atoms with Gasteiger partial charge in [0.1, 0.15) is 24.8 Å². The topological polar surface area (TPSA) is 140 Å². The summed E-state index contributed by atoms with van der Waals surface area (Å²) in [5, 5.41) is 12.3. The van der Waals surface area contributed by atoms with Crippen LogP contribution in [0.15, 0.2) is 73.1 Å². The number of carbonyl (C=O) groups is 1. The first-order valence-electron chi connectivity index (χ1n) is 11.6. The summed E-state index contributed by atoms with van der Waals surface area (Å²) in [4.78, 5) is 16.3. The number of benzene rings is 3. The maximum absolute atomic E-state index is 12.4. The van der Waals surface area contributed by atoms with Crippen molar-refractivity contribution in [2.45, 2.75) is 6.18 Å². The number of halogens is 4. The minimum absolute atomic E-state index is 0.322. The number of hydrogen-bond acceptors (Lipinski definition) is 8. The van der Waals surface area contributed by atoms with Crippen LogP contribution in [0.4, 0.5) is 34.8 Å². The smallest absolute Gasteiger partial charge is 0.416 e. The minimum atomic E-state index is -4.47. The molecule has 0 saturated heterocycles. The van der Waals surface area contributed by atoms with E-state index in [4.69, 9.17) is 21.0 Å². The second-order valence-corrected chi connectivity index (χ2v) is 8.00. The zero-order valence-electron chi connectivity index (χ0n) is 22.0. The van der Waals surface area contributed by atoms with Gasteiger partial charge >= 0.3 is 6.18 Å². The molecule has 4 rings (SSSR count). The summed E-state index contributed by atoms with van der Waals surface area (Å²) in [7, 11) is 3.41. The van der Waals surface area contributed by atoms with Crippen LogP contribution in [-0.4, -0.2) is 30.9 Å². The summed E-state index contributed by atoms with van der Waals surface area (Å²) in [5.41, 5.74) is 14.5. The van der Waals surface area contributed by atoms with Crippen molar-refractivity contribution in [2.24, 2.45) is 0 Å². The molecule has 3 aromatic carbocycles. The SMILES string of the molecule is C=O.CNc1ccc(/C(=C\c2cccc(C#N)c2)c2c(N)ncnc2OC)cc1.Nc1cc(C(F)(F)F)ccc1F. The van der Waals surface area contributed by atoms with Gasteiger partial charge in [0.25, 0.3) is 0 Å². The molecule has 41 heavy (non-hydrogen) atoms. The molecule has 0 unspecified atom stereocenters. The fraction of sp³-hybridized carbons (Fsp3) is 0.103. The van der Waals surface area contributed by atoms with Crippen LogP contribution in [0.5, 0.6) is 5.88 Å². The number of nitriles is 1. The van der Waals surface area contributed by atoms with E-state index in [2.05, 4.69) is 21.4 Å². The van der Waals surface area contributed by atoms with Gasteiger partial charge in [-0.05, 0) is 65.2 Å². The number of methoxy groups -OCH3 is 1. The van der Waals surface area contributed by atoms with Crippen LogP contribution in [0.1, 0.15) is 27.8 Å². The summed E-state index contributed by atoms with van der Waals surface area (Å²) >= 11 is 0. The monoisotopic (exact) mass is 566 g/mol. The molecule has 0 saturated carbocycles. The maximum atomic E-state index is 12.4. The Labute approximate surface area is 233 Å². The molecule has 0 fully saturated rings. The lowest BCUT2D eigenvalue weighted by Crippen LogP contribution is -2.06. The molecule has 8 nitrogen and oxygen atoms in total. The van der Waals surface area contributed by atoms with Gasteiger partial charge in [-0.25, -0.2) is 14.4 Å². The molecular formula is C29H26F4N6O2. The Morgan fingerprint density at radius 1 is 1.05 bits per heavy atom. The van der Waals surface area contributed by atoms with E-state index >= 15 is 0 Å². The van der Waals surface area contributed by atoms with Crippen molar-refractivity contribution in [1.82, 2.24) is 9.97 Å². The summed E-state index contributed by atoms with van der Waals surface area (Å²) in [6, 6.07) is 19.3. The van der Waals surface area contributed by atoms with Crippen molar-refractivity contribution in [3.63, 3.8) is 0 Å². The van der Waals surface area contributed by atoms with Crippen LogP contribution in [0.2, 0.25) is 0 Å². The van der Waals surface area contributed by atoms with E-state index < -0.39 is 23.2 Å². The molecule has 0 atom stereocenters. The van der Waals surface area contributed by atoms with Crippen LogP contribution in [0, 0.1) is 17.1 Å². The summed E-state index contributed by atoms with van der Waals surface area (Å²) in [5.74, 6) is -0.131. The fourth-order valence-electron chi connectivity index (χ4n) is 3.49. The molecule has 0 aliphatic heterocycles. The minimum Gasteiger partial charge on any atom is -0.480 e. The third-order valence-corrected chi connectivity index (χ3v) is 5.44. The second kappa shape index (κ2) is 14.6. The first-order chi connectivity index (χ1) is 19.6. The van der Waals surface area contributed by atoms with Crippen LogP contribution in [0.25, 0.3) is 11.6 Å². The Kier molecular flexibility index (Phi) is 11.3. The number of nitrogens with zero attached hydrogens (tertiary/aromatic N) is 3. The molecule has 0 spiro atoms. The van der Waals surface area contributed by atoms with Crippen molar-refractivity contribution in [3.8, 4) is 11.9 Å². The molecule has 12 heteroatoms. The highest BCUT2D eigenvalue weighted by Crippen LogP contribution is 2.35. The van der Waals surface area contributed by atoms with Gasteiger partial charge in [0.2, 0.25) is 5.88 Å². The highest BCUT2D eigenvalue weighted by atomic mass is 19.4. The van der Waals surface area contributed by atoms with Gasteiger partial charge in [-0.3, -0.25) is 0 Å². The molecule has 0 aliphatic carbocycles. The number of hydrogen-bond donors (Lipinski definition) is 3. The number of ether oxygens (including phenoxy) is 1. The van der Waals surface area contributed by atoms with E-state index in [9.17, 15) is 22.8 Å². The average Bonchev–Trinajstić information content (AvgIpc) is 2.98. The molecule has 0 radical (unpaired) electrons. The van der Waals surface area contributed by atoms with E-state index in [1.165, 1.54) is 6.33 Å². The number of nitrogens with one attached hydrogen (secondary N) is 1. The number of alkyl halides is 3. The lowest BCUT2D eigenvalue weighted by molar-refractivity contribution is -0.137. The molecule has 1 heterocycles. The molecule has 4 aromatic rings. The van der Waals surface area contributed by atoms with Crippen molar-refractivity contribution in [3.05, 3.63) is 107 Å². The Balaban J connectivity index is 0.000000352. The first-order valence-corrected chi connectivity index (χ1v) is 11.6. The molecule has 212 valence electrons. The van der Waals surface area contributed by atoms with Gasteiger partial charge in [0.05, 0.1) is 35.6 Å². The first kappa shape index (κ1) is 31.8. The number of aromatic nitrogens is 2. The number of anilines is 3. The van der Waals surface area contributed by atoms with E-state index in [0.29, 0.717) is 41.0 Å². The normalized spacial score (nSPS) is 10.7. The lowest BCUT2D eigenvalue weighted by Gasteiger charge is -2.14. The van der Waals surface area contributed by atoms with Crippen molar-refractivity contribution < 1.29 is 27.1 Å². The molecule has 0 aliphatic rings. The number of nitrogens with two attached hydrogens (primary N) is 2. The van der Waals surface area contributed by atoms with E-state index in [-0.39, 0.29) is 0 Å². The zero-order valence-corrected chi connectivity index (χ0v) is 22.0. The molecule has 5 N–H and O–H groups in total. The van der Waals surface area contributed by atoms with Crippen molar-refractivity contribution in [2.75, 3.05) is 30.9 Å². The summed E-state index contributed by atoms with van der Waals surface area (Å²) in [6.45, 7) is 2.00. The Bertz CT molecular complexity index is 1530. The van der Waals surface area contributed by atoms with Crippen LogP contribution in [-0.2, 0) is 11.0 Å². The fourth-order valence-corrected chi connectivity index (χ4v) is 3.49. The van der Waals surface area contributed by atoms with Crippen LogP contribution in [0.3, 0.4) is 0 Å². The third kappa shape index (κ3) is 8.52. The van der Waals surface area contributed by atoms with Gasteiger partial charge in [0.15, 0.2) is 0 Å². The predicted octanol–water partition coefficient (Wildman–Crippen LogP) is 5.81. The lowest BCUT2D eigenvalue weighted by atomic mass is 9.95. The predicted molar refractivity (Wildman–Crippen MR) is 150 cm³/mol. The van der Waals surface area contributed by atoms with E-state index in [1.807, 2.05) is 62.4 Å². The zero-order chi connectivity index (χ0) is 30.6. The molecule has 0 amide bonds. The van der Waals surface area contributed by atoms with Gasteiger partial charge in [-0.2, -0.15) is 18.4 Å². The number of rotatable bonds is 5. The van der Waals surface area contributed by atoms with Gasteiger partial charge in [-0.1, -0.05) is 24.3 Å². The Hall–Kier alpha value is -5.44. The standard InChI is InChI=1S/C21H19N5O.C7H5F4N.CH2O/c1-24-17-8-6-16(7-9-17)18(11-14-4-3-5-15(10-14)12-22)19-20(23)25-13-26-21(19)27-2;8-5-2-1-4(3-6(5)12)7(9,10)11;1-2/h3-11,13,24H,1-2H3,(H2,23,25,26);1-3H,12H2;1H2/b18-11+;;. The van der Waals surface area contributed by atoms with Gasteiger partial charge in [0, 0.05) is 12.7 Å². The number of nitrogen functional groups attached to an aromatic ring is 2. The van der Waals surface area contributed by atoms with Gasteiger partial charge < -0.3 is 26.3 Å². The van der Waals surface area contributed by atoms with E-state index in [0.717, 1.165) is 22.4 Å². The second-order valence-electron chi connectivity index (χ2n) is 8.00. The maximum Gasteiger partial charge on any atom is 0.416 e. The highest BCUT2D eigenvalue weighted by Gasteiger charge is 2.30. The molecule has 1 aromatic heterocycles. The van der Waals surface area contributed by atoms with Crippen LogP contribution >= 0.6 is 0 Å². The van der Waals surface area contributed by atoms with Crippen LogP contribution < -0.4 is 21.5 Å². The van der Waals surface area contributed by atoms with Crippen molar-refractivity contribution in [1.29, 1.82) is 5.26 Å². The summed E-state index contributed by atoms with van der Waals surface area (Å²) < 4.78 is 53.6. The highest BCUT2D eigenvalue weighted by molar-refractivity contribution is 5.96. The third-order valence-electron chi connectivity index (χ3n) is 5.44.